The summed E-state index contributed by atoms with van der Waals surface area (Å²) in [5, 5.41) is 29.5. The zero-order valence-corrected chi connectivity index (χ0v) is 12.7. The van der Waals surface area contributed by atoms with Gasteiger partial charge in [-0.1, -0.05) is 13.2 Å². The summed E-state index contributed by atoms with van der Waals surface area (Å²) in [4.78, 5) is 11.3. The maximum absolute atomic E-state index is 11.3. The van der Waals surface area contributed by atoms with E-state index in [0.29, 0.717) is 5.57 Å². The fraction of sp³-hybridized carbons (Fsp3) is 0.643. The number of carbonyl (C=O) groups excluding carboxylic acids is 1. The Morgan fingerprint density at radius 2 is 1.68 bits per heavy atom. The highest BCUT2D eigenvalue weighted by atomic mass is 16.7. The van der Waals surface area contributed by atoms with E-state index in [1.54, 1.807) is 6.92 Å². The molecule has 1 rings (SSSR count). The van der Waals surface area contributed by atoms with E-state index < -0.39 is 43.7 Å². The second-order valence-electron chi connectivity index (χ2n) is 5.34. The van der Waals surface area contributed by atoms with Gasteiger partial charge in [-0.2, -0.15) is 0 Å². The minimum Gasteiger partial charge on any atom is -0.457 e. The molecular weight excluding hydrogens is 296 g/mol. The molecule has 1 aliphatic rings. The second-order valence-corrected chi connectivity index (χ2v) is 5.34. The summed E-state index contributed by atoms with van der Waals surface area (Å²) in [6.07, 6.45) is -1.25. The van der Waals surface area contributed by atoms with E-state index in [9.17, 15) is 20.1 Å². The first-order valence-corrected chi connectivity index (χ1v) is 6.57. The molecule has 126 valence electrons. The van der Waals surface area contributed by atoms with Crippen LogP contribution in [0.15, 0.2) is 24.3 Å². The lowest BCUT2D eigenvalue weighted by molar-refractivity contribution is -0.382. The molecule has 1 saturated heterocycles. The molecule has 0 aromatic carbocycles. The van der Waals surface area contributed by atoms with E-state index in [-0.39, 0.29) is 12.2 Å². The molecule has 8 heteroatoms. The molecule has 0 radical (unpaired) electrons. The van der Waals surface area contributed by atoms with Crippen LogP contribution in [0.1, 0.15) is 13.8 Å². The molecule has 0 aromatic heterocycles. The molecule has 0 spiro atoms. The Labute approximate surface area is 128 Å². The summed E-state index contributed by atoms with van der Waals surface area (Å²) < 4.78 is 20.0. The maximum atomic E-state index is 11.3. The third-order valence-electron chi connectivity index (χ3n) is 2.80. The average Bonchev–Trinajstić information content (AvgIpc) is 2.46. The standard InChI is InChI=1S/C14H22O8/c1-9(2)11(15)19-5-13(17)7-22-14(18,8-21-13)6-20-12(16)10(3)4/h11,15,17-18H,1,3,5-8H2,2,4H3. The van der Waals surface area contributed by atoms with Crippen molar-refractivity contribution < 1.29 is 39.1 Å². The van der Waals surface area contributed by atoms with Crippen LogP contribution in [0.2, 0.25) is 0 Å². The van der Waals surface area contributed by atoms with Crippen molar-refractivity contribution in [3.05, 3.63) is 24.3 Å². The Kier molecular flexibility index (Phi) is 6.24. The number of aliphatic hydroxyl groups excluding tert-OH is 1. The molecule has 3 atom stereocenters. The van der Waals surface area contributed by atoms with Crippen LogP contribution in [-0.4, -0.2) is 65.6 Å². The van der Waals surface area contributed by atoms with E-state index in [2.05, 4.69) is 13.2 Å². The van der Waals surface area contributed by atoms with Crippen molar-refractivity contribution in [1.29, 1.82) is 0 Å². The first-order chi connectivity index (χ1) is 10.1. The Morgan fingerprint density at radius 1 is 1.18 bits per heavy atom. The zero-order valence-electron chi connectivity index (χ0n) is 12.7. The number of esters is 1. The monoisotopic (exact) mass is 318 g/mol. The number of hydrogen-bond donors (Lipinski definition) is 3. The second kappa shape index (κ2) is 7.32. The van der Waals surface area contributed by atoms with E-state index in [1.807, 2.05) is 0 Å². The highest BCUT2D eigenvalue weighted by Crippen LogP contribution is 2.23. The van der Waals surface area contributed by atoms with E-state index in [4.69, 9.17) is 18.9 Å². The smallest absolute Gasteiger partial charge is 0.333 e. The fourth-order valence-corrected chi connectivity index (χ4v) is 1.40. The van der Waals surface area contributed by atoms with Gasteiger partial charge in [-0.05, 0) is 19.4 Å². The van der Waals surface area contributed by atoms with Gasteiger partial charge in [0.25, 0.3) is 0 Å². The number of rotatable bonds is 7. The number of ether oxygens (including phenoxy) is 4. The molecule has 0 amide bonds. The molecule has 1 aliphatic heterocycles. The lowest BCUT2D eigenvalue weighted by atomic mass is 10.2. The Balaban J connectivity index is 2.45. The first-order valence-electron chi connectivity index (χ1n) is 6.57. The van der Waals surface area contributed by atoms with Crippen LogP contribution >= 0.6 is 0 Å². The van der Waals surface area contributed by atoms with E-state index >= 15 is 0 Å². The highest BCUT2D eigenvalue weighted by Gasteiger charge is 2.44. The molecular formula is C14H22O8. The molecule has 0 aromatic rings. The lowest BCUT2D eigenvalue weighted by Crippen LogP contribution is -2.58. The summed E-state index contributed by atoms with van der Waals surface area (Å²) in [6.45, 7) is 8.19. The minimum absolute atomic E-state index is 0.180. The number of aliphatic hydroxyl groups is 3. The number of carbonyl (C=O) groups is 1. The molecule has 0 bridgehead atoms. The van der Waals surface area contributed by atoms with Crippen LogP contribution in [0.25, 0.3) is 0 Å². The van der Waals surface area contributed by atoms with Gasteiger partial charge in [0.1, 0.15) is 26.4 Å². The van der Waals surface area contributed by atoms with E-state index in [1.165, 1.54) is 6.92 Å². The fourth-order valence-electron chi connectivity index (χ4n) is 1.40. The van der Waals surface area contributed by atoms with Gasteiger partial charge in [0.2, 0.25) is 11.6 Å². The summed E-state index contributed by atoms with van der Waals surface area (Å²) in [7, 11) is 0. The van der Waals surface area contributed by atoms with Crippen LogP contribution in [0.4, 0.5) is 0 Å². The van der Waals surface area contributed by atoms with Crippen LogP contribution in [0.3, 0.4) is 0 Å². The van der Waals surface area contributed by atoms with Crippen LogP contribution in [-0.2, 0) is 23.7 Å². The average molecular weight is 318 g/mol. The van der Waals surface area contributed by atoms with Crippen LogP contribution in [0.5, 0.6) is 0 Å². The SMILES string of the molecule is C=C(C)C(=O)OCC1(O)COC(O)(COC(O)C(=C)C)CO1. The van der Waals surface area contributed by atoms with Gasteiger partial charge in [-0.3, -0.25) is 0 Å². The Bertz CT molecular complexity index is 436. The quantitative estimate of drug-likeness (QED) is 0.248. The summed E-state index contributed by atoms with van der Waals surface area (Å²) >= 11 is 0. The first kappa shape index (κ1) is 18.8. The van der Waals surface area contributed by atoms with Gasteiger partial charge in [0.05, 0.1) is 0 Å². The van der Waals surface area contributed by atoms with Crippen LogP contribution < -0.4 is 0 Å². The molecule has 0 aliphatic carbocycles. The third-order valence-corrected chi connectivity index (χ3v) is 2.80. The largest absolute Gasteiger partial charge is 0.457 e. The van der Waals surface area contributed by atoms with E-state index in [0.717, 1.165) is 0 Å². The predicted octanol–water partition coefficient (Wildman–Crippen LogP) is -0.559. The Hall–Kier alpha value is -1.29. The van der Waals surface area contributed by atoms with Crippen molar-refractivity contribution >= 4 is 5.97 Å². The lowest BCUT2D eigenvalue weighted by Gasteiger charge is -2.40. The van der Waals surface area contributed by atoms with Gasteiger partial charge < -0.3 is 34.3 Å². The predicted molar refractivity (Wildman–Crippen MR) is 74.3 cm³/mol. The molecule has 1 fully saturated rings. The van der Waals surface area contributed by atoms with Gasteiger partial charge in [0.15, 0.2) is 6.29 Å². The zero-order chi connectivity index (χ0) is 17.0. The molecule has 3 N–H and O–H groups in total. The van der Waals surface area contributed by atoms with Gasteiger partial charge in [-0.25, -0.2) is 4.79 Å². The maximum Gasteiger partial charge on any atom is 0.333 e. The van der Waals surface area contributed by atoms with Crippen molar-refractivity contribution in [3.8, 4) is 0 Å². The molecule has 22 heavy (non-hydrogen) atoms. The van der Waals surface area contributed by atoms with Crippen molar-refractivity contribution in [2.45, 2.75) is 31.7 Å². The Morgan fingerprint density at radius 3 is 2.09 bits per heavy atom. The summed E-state index contributed by atoms with van der Waals surface area (Å²) in [5.41, 5.74) is 0.544. The van der Waals surface area contributed by atoms with Crippen molar-refractivity contribution in [2.24, 2.45) is 0 Å². The third kappa shape index (κ3) is 5.48. The van der Waals surface area contributed by atoms with Crippen molar-refractivity contribution in [1.82, 2.24) is 0 Å². The van der Waals surface area contributed by atoms with Gasteiger partial charge in [-0.15, -0.1) is 0 Å². The minimum atomic E-state index is -1.87. The molecule has 0 saturated carbocycles. The topological polar surface area (TPSA) is 115 Å². The number of hydrogen-bond acceptors (Lipinski definition) is 8. The van der Waals surface area contributed by atoms with Gasteiger partial charge in [0, 0.05) is 5.57 Å². The van der Waals surface area contributed by atoms with Crippen LogP contribution in [0, 0.1) is 0 Å². The molecule has 3 unspecified atom stereocenters. The summed E-state index contributed by atoms with van der Waals surface area (Å²) in [5.74, 6) is -4.38. The molecule has 1 heterocycles. The normalized spacial score (nSPS) is 29.7. The van der Waals surface area contributed by atoms with Gasteiger partial charge >= 0.3 is 5.97 Å². The van der Waals surface area contributed by atoms with Crippen molar-refractivity contribution in [2.75, 3.05) is 26.4 Å². The van der Waals surface area contributed by atoms with Crippen molar-refractivity contribution in [3.63, 3.8) is 0 Å². The molecule has 8 nitrogen and oxygen atoms in total. The highest BCUT2D eigenvalue weighted by molar-refractivity contribution is 5.86. The summed E-state index contributed by atoms with van der Waals surface area (Å²) in [6, 6.07) is 0.